The maximum Gasteiger partial charge on any atom is 0.123 e. The highest BCUT2D eigenvalue weighted by Gasteiger charge is 2.18. The van der Waals surface area contributed by atoms with E-state index in [0.29, 0.717) is 5.02 Å². The first kappa shape index (κ1) is 19.0. The van der Waals surface area contributed by atoms with Crippen molar-refractivity contribution < 1.29 is 4.39 Å². The fourth-order valence-electron chi connectivity index (χ4n) is 3.28. The van der Waals surface area contributed by atoms with E-state index in [-0.39, 0.29) is 5.82 Å². The number of benzene rings is 2. The lowest BCUT2D eigenvalue weighted by Gasteiger charge is -2.28. The molecule has 0 unspecified atom stereocenters. The minimum absolute atomic E-state index is 0.260. The quantitative estimate of drug-likeness (QED) is 0.499. The van der Waals surface area contributed by atoms with E-state index in [1.807, 2.05) is 71.3 Å². The Morgan fingerprint density at radius 1 is 1.03 bits per heavy atom. The number of allylic oxidation sites excluding steroid dienone is 4. The first-order chi connectivity index (χ1) is 14.1. The van der Waals surface area contributed by atoms with Crippen LogP contribution in [-0.4, -0.2) is 14.7 Å². The molecule has 5 heteroatoms. The standard InChI is InChI=1S/C24H19ClFN3/c1-3-23(18-6-10-21(26)11-7-18)28-16-19(5-4-17(28)2)24-14-15-27-29(24)22-12-8-20(25)9-13-22/h3-16H,2H2,1H3/b23-3-. The smallest absolute Gasteiger partial charge is 0.123 e. The minimum atomic E-state index is -0.260. The van der Waals surface area contributed by atoms with Crippen molar-refractivity contribution in [2.24, 2.45) is 0 Å². The molecule has 0 fully saturated rings. The number of aromatic nitrogens is 2. The van der Waals surface area contributed by atoms with Crippen molar-refractivity contribution in [1.82, 2.24) is 14.7 Å². The zero-order valence-corrected chi connectivity index (χ0v) is 16.6. The molecule has 3 nitrogen and oxygen atoms in total. The monoisotopic (exact) mass is 403 g/mol. The maximum atomic E-state index is 13.4. The molecule has 144 valence electrons. The molecule has 4 rings (SSSR count). The van der Waals surface area contributed by atoms with Crippen LogP contribution < -0.4 is 0 Å². The molecule has 3 aromatic rings. The maximum absolute atomic E-state index is 13.4. The van der Waals surface area contributed by atoms with Gasteiger partial charge in [0.1, 0.15) is 5.82 Å². The molecule has 2 aromatic carbocycles. The van der Waals surface area contributed by atoms with Gasteiger partial charge in [0.15, 0.2) is 0 Å². The van der Waals surface area contributed by atoms with Crippen LogP contribution in [0.5, 0.6) is 0 Å². The molecular formula is C24H19ClFN3. The van der Waals surface area contributed by atoms with Crippen LogP contribution in [-0.2, 0) is 0 Å². The lowest BCUT2D eigenvalue weighted by atomic mass is 10.1. The van der Waals surface area contributed by atoms with Crippen LogP contribution in [0.15, 0.2) is 97.5 Å². The third-order valence-corrected chi connectivity index (χ3v) is 4.97. The number of hydrogen-bond donors (Lipinski definition) is 0. The molecule has 0 aliphatic carbocycles. The molecule has 0 bridgehead atoms. The number of hydrogen-bond acceptors (Lipinski definition) is 2. The first-order valence-electron chi connectivity index (χ1n) is 9.17. The van der Waals surface area contributed by atoms with Crippen LogP contribution in [0.1, 0.15) is 18.2 Å². The second-order valence-corrected chi connectivity index (χ2v) is 7.00. The Hall–Kier alpha value is -3.37. The van der Waals surface area contributed by atoms with Gasteiger partial charge in [-0.2, -0.15) is 5.10 Å². The summed E-state index contributed by atoms with van der Waals surface area (Å²) in [4.78, 5) is 2.00. The summed E-state index contributed by atoms with van der Waals surface area (Å²) in [5.74, 6) is -0.260. The van der Waals surface area contributed by atoms with Crippen molar-refractivity contribution in [3.63, 3.8) is 0 Å². The number of halogens is 2. The SMILES string of the molecule is C=C1C=CC(c2ccnn2-c2ccc(Cl)cc2)=CN1/C(=C\C)c1ccc(F)cc1. The number of nitrogens with zero attached hydrogens (tertiary/aromatic N) is 3. The van der Waals surface area contributed by atoms with E-state index < -0.39 is 0 Å². The van der Waals surface area contributed by atoms with E-state index >= 15 is 0 Å². The largest absolute Gasteiger partial charge is 0.317 e. The van der Waals surface area contributed by atoms with Crippen molar-refractivity contribution in [1.29, 1.82) is 0 Å². The van der Waals surface area contributed by atoms with Gasteiger partial charge in [-0.1, -0.05) is 24.3 Å². The lowest BCUT2D eigenvalue weighted by Crippen LogP contribution is -2.17. The highest BCUT2D eigenvalue weighted by molar-refractivity contribution is 6.30. The van der Waals surface area contributed by atoms with Gasteiger partial charge >= 0.3 is 0 Å². The molecular weight excluding hydrogens is 385 g/mol. The normalized spacial score (nSPS) is 14.3. The first-order valence-corrected chi connectivity index (χ1v) is 9.55. The van der Waals surface area contributed by atoms with Gasteiger partial charge in [-0.15, -0.1) is 0 Å². The van der Waals surface area contributed by atoms with Gasteiger partial charge in [-0.3, -0.25) is 0 Å². The third kappa shape index (κ3) is 3.80. The molecule has 29 heavy (non-hydrogen) atoms. The van der Waals surface area contributed by atoms with Crippen molar-refractivity contribution >= 4 is 22.9 Å². The highest BCUT2D eigenvalue weighted by atomic mass is 35.5. The average molecular weight is 404 g/mol. The zero-order chi connectivity index (χ0) is 20.4. The Bertz CT molecular complexity index is 1140. The summed E-state index contributed by atoms with van der Waals surface area (Å²) in [5.41, 5.74) is 5.50. The fraction of sp³-hybridized carbons (Fsp3) is 0.0417. The van der Waals surface area contributed by atoms with Crippen LogP contribution in [0.25, 0.3) is 17.0 Å². The summed E-state index contributed by atoms with van der Waals surface area (Å²) in [7, 11) is 0. The fourth-order valence-corrected chi connectivity index (χ4v) is 3.41. The second kappa shape index (κ2) is 7.94. The molecule has 0 saturated carbocycles. The predicted molar refractivity (Wildman–Crippen MR) is 117 cm³/mol. The summed E-state index contributed by atoms with van der Waals surface area (Å²) in [6.07, 6.45) is 9.75. The molecule has 1 aliphatic rings. The van der Waals surface area contributed by atoms with Crippen molar-refractivity contribution in [3.05, 3.63) is 120 Å². The van der Waals surface area contributed by atoms with E-state index in [4.69, 9.17) is 11.6 Å². The Morgan fingerprint density at radius 2 is 1.76 bits per heavy atom. The summed E-state index contributed by atoms with van der Waals surface area (Å²) in [6.45, 7) is 6.11. The Balaban J connectivity index is 1.73. The zero-order valence-electron chi connectivity index (χ0n) is 15.9. The average Bonchev–Trinajstić information content (AvgIpc) is 3.21. The van der Waals surface area contributed by atoms with Gasteiger partial charge in [0.2, 0.25) is 0 Å². The molecule has 0 saturated heterocycles. The molecule has 2 heterocycles. The van der Waals surface area contributed by atoms with Gasteiger partial charge in [0, 0.05) is 28.2 Å². The Labute approximate surface area is 174 Å². The van der Waals surface area contributed by atoms with E-state index in [0.717, 1.165) is 33.9 Å². The van der Waals surface area contributed by atoms with Crippen LogP contribution in [0.2, 0.25) is 5.02 Å². The van der Waals surface area contributed by atoms with Gasteiger partial charge in [-0.25, -0.2) is 9.07 Å². The molecule has 0 amide bonds. The summed E-state index contributed by atoms with van der Waals surface area (Å²) in [6, 6.07) is 16.0. The summed E-state index contributed by atoms with van der Waals surface area (Å²) in [5, 5.41) is 5.15. The Morgan fingerprint density at radius 3 is 2.45 bits per heavy atom. The van der Waals surface area contributed by atoms with E-state index in [1.54, 1.807) is 18.3 Å². The lowest BCUT2D eigenvalue weighted by molar-refractivity contribution is 0.626. The summed E-state index contributed by atoms with van der Waals surface area (Å²) < 4.78 is 15.2. The molecule has 1 aromatic heterocycles. The predicted octanol–water partition coefficient (Wildman–Crippen LogP) is 6.45. The van der Waals surface area contributed by atoms with Gasteiger partial charge in [0.25, 0.3) is 0 Å². The molecule has 0 radical (unpaired) electrons. The van der Waals surface area contributed by atoms with Crippen molar-refractivity contribution in [2.75, 3.05) is 0 Å². The summed E-state index contributed by atoms with van der Waals surface area (Å²) >= 11 is 6.02. The van der Waals surface area contributed by atoms with Crippen molar-refractivity contribution in [2.45, 2.75) is 6.92 Å². The molecule has 1 aliphatic heterocycles. The minimum Gasteiger partial charge on any atom is -0.317 e. The second-order valence-electron chi connectivity index (χ2n) is 6.56. The Kier molecular flexibility index (Phi) is 5.19. The van der Waals surface area contributed by atoms with E-state index in [2.05, 4.69) is 11.7 Å². The van der Waals surface area contributed by atoms with Crippen LogP contribution >= 0.6 is 11.6 Å². The molecule has 0 N–H and O–H groups in total. The van der Waals surface area contributed by atoms with Crippen LogP contribution in [0.3, 0.4) is 0 Å². The van der Waals surface area contributed by atoms with Crippen LogP contribution in [0.4, 0.5) is 4.39 Å². The van der Waals surface area contributed by atoms with E-state index in [1.165, 1.54) is 12.1 Å². The van der Waals surface area contributed by atoms with Crippen molar-refractivity contribution in [3.8, 4) is 5.69 Å². The molecule has 0 atom stereocenters. The number of rotatable bonds is 4. The van der Waals surface area contributed by atoms with E-state index in [9.17, 15) is 4.39 Å². The molecule has 0 spiro atoms. The van der Waals surface area contributed by atoms with Gasteiger partial charge in [-0.05, 0) is 79.2 Å². The van der Waals surface area contributed by atoms with Crippen LogP contribution in [0, 0.1) is 5.82 Å². The van der Waals surface area contributed by atoms with Gasteiger partial charge in [0.05, 0.1) is 17.6 Å². The topological polar surface area (TPSA) is 21.1 Å². The highest BCUT2D eigenvalue weighted by Crippen LogP contribution is 2.32. The third-order valence-electron chi connectivity index (χ3n) is 4.72. The van der Waals surface area contributed by atoms with Gasteiger partial charge < -0.3 is 4.90 Å².